The summed E-state index contributed by atoms with van der Waals surface area (Å²) in [6.07, 6.45) is 1.11. The third-order valence-corrected chi connectivity index (χ3v) is 3.82. The van der Waals surface area contributed by atoms with Crippen LogP contribution in [0.2, 0.25) is 10.0 Å². The number of allylic oxidation sites excluding steroid dienone is 1. The first-order chi connectivity index (χ1) is 10.3. The molecule has 1 heterocycles. The van der Waals surface area contributed by atoms with Gasteiger partial charge in [-0.1, -0.05) is 30.1 Å². The highest BCUT2D eigenvalue weighted by atomic mass is 35.5. The van der Waals surface area contributed by atoms with Crippen LogP contribution in [0.25, 0.3) is 0 Å². The molecule has 1 aliphatic heterocycles. The Morgan fingerprint density at radius 2 is 1.91 bits per heavy atom. The van der Waals surface area contributed by atoms with Crippen molar-refractivity contribution >= 4 is 40.7 Å². The topological polar surface area (TPSA) is 61.2 Å². The normalized spacial score (nSPS) is 21.9. The van der Waals surface area contributed by atoms with Crippen LogP contribution in [0, 0.1) is 11.3 Å². The Bertz CT molecular complexity index is 668. The highest BCUT2D eigenvalue weighted by Crippen LogP contribution is 2.23. The molecular weight excluding hydrogens is 330 g/mol. The van der Waals surface area contributed by atoms with Gasteiger partial charge in [0.05, 0.1) is 11.9 Å². The standard InChI is InChI=1S/C15H13Cl2FN2O2/c1-8-2-3-13(21)20(7-12(18)14(8)19)15(22)9-4-10(16)6-11(17)5-9/h4-8,19H,2-3H2,1H3/b12-7+,19-14?. The van der Waals surface area contributed by atoms with Gasteiger partial charge in [0.2, 0.25) is 5.91 Å². The number of nitrogens with one attached hydrogen (secondary N) is 1. The van der Waals surface area contributed by atoms with E-state index >= 15 is 0 Å². The van der Waals surface area contributed by atoms with Gasteiger partial charge >= 0.3 is 0 Å². The average molecular weight is 343 g/mol. The van der Waals surface area contributed by atoms with Crippen LogP contribution in [0.4, 0.5) is 4.39 Å². The molecule has 0 aliphatic carbocycles. The minimum Gasteiger partial charge on any atom is -0.302 e. The summed E-state index contributed by atoms with van der Waals surface area (Å²) in [5.41, 5.74) is -0.149. The van der Waals surface area contributed by atoms with E-state index in [0.717, 1.165) is 6.20 Å². The molecule has 0 radical (unpaired) electrons. The number of carbonyl (C=O) groups excluding carboxylic acids is 2. The van der Waals surface area contributed by atoms with E-state index in [1.807, 2.05) is 0 Å². The summed E-state index contributed by atoms with van der Waals surface area (Å²) < 4.78 is 14.0. The number of rotatable bonds is 1. The summed E-state index contributed by atoms with van der Waals surface area (Å²) in [5.74, 6) is -2.54. The van der Waals surface area contributed by atoms with E-state index in [9.17, 15) is 14.0 Å². The van der Waals surface area contributed by atoms with Crippen molar-refractivity contribution in [3.8, 4) is 0 Å². The van der Waals surface area contributed by atoms with Crippen molar-refractivity contribution < 1.29 is 14.0 Å². The lowest BCUT2D eigenvalue weighted by molar-refractivity contribution is -0.126. The average Bonchev–Trinajstić information content (AvgIpc) is 2.46. The highest BCUT2D eigenvalue weighted by molar-refractivity contribution is 6.35. The number of benzene rings is 1. The van der Waals surface area contributed by atoms with Gasteiger partial charge in [-0.25, -0.2) is 4.39 Å². The first-order valence-electron chi connectivity index (χ1n) is 6.58. The Balaban J connectivity index is 2.41. The van der Waals surface area contributed by atoms with E-state index < -0.39 is 17.6 Å². The van der Waals surface area contributed by atoms with Crippen LogP contribution in [0.15, 0.2) is 30.2 Å². The third kappa shape index (κ3) is 3.54. The number of halogens is 3. The fourth-order valence-electron chi connectivity index (χ4n) is 2.08. The molecule has 4 nitrogen and oxygen atoms in total. The largest absolute Gasteiger partial charge is 0.302 e. The summed E-state index contributed by atoms with van der Waals surface area (Å²) in [4.78, 5) is 25.2. The molecule has 7 heteroatoms. The lowest BCUT2D eigenvalue weighted by atomic mass is 9.97. The predicted molar refractivity (Wildman–Crippen MR) is 83.0 cm³/mol. The Kier molecular flexibility index (Phi) is 4.98. The van der Waals surface area contributed by atoms with Crippen molar-refractivity contribution in [1.29, 1.82) is 5.41 Å². The van der Waals surface area contributed by atoms with Gasteiger partial charge < -0.3 is 5.41 Å². The van der Waals surface area contributed by atoms with Gasteiger partial charge in [-0.05, 0) is 24.6 Å². The Hall–Kier alpha value is -1.72. The summed E-state index contributed by atoms with van der Waals surface area (Å²) in [7, 11) is 0. The van der Waals surface area contributed by atoms with Crippen molar-refractivity contribution in [2.45, 2.75) is 19.8 Å². The van der Waals surface area contributed by atoms with Crippen LogP contribution in [-0.2, 0) is 4.79 Å². The van der Waals surface area contributed by atoms with Crippen LogP contribution in [0.3, 0.4) is 0 Å². The molecule has 0 spiro atoms. The molecule has 116 valence electrons. The van der Waals surface area contributed by atoms with Crippen molar-refractivity contribution in [2.24, 2.45) is 5.92 Å². The maximum Gasteiger partial charge on any atom is 0.264 e. The fraction of sp³-hybridized carbons (Fsp3) is 0.267. The summed E-state index contributed by atoms with van der Waals surface area (Å²) in [6, 6.07) is 4.14. The van der Waals surface area contributed by atoms with Crippen LogP contribution in [-0.4, -0.2) is 22.4 Å². The van der Waals surface area contributed by atoms with Gasteiger partial charge in [0.15, 0.2) is 5.83 Å². The van der Waals surface area contributed by atoms with Crippen LogP contribution >= 0.6 is 23.2 Å². The van der Waals surface area contributed by atoms with Gasteiger partial charge in [-0.2, -0.15) is 0 Å². The summed E-state index contributed by atoms with van der Waals surface area (Å²) in [6.45, 7) is 1.66. The second-order valence-electron chi connectivity index (χ2n) is 5.06. The van der Waals surface area contributed by atoms with E-state index in [0.29, 0.717) is 11.3 Å². The van der Waals surface area contributed by atoms with Gasteiger partial charge in [0.1, 0.15) is 0 Å². The van der Waals surface area contributed by atoms with Crippen LogP contribution in [0.1, 0.15) is 30.1 Å². The molecule has 0 fully saturated rings. The zero-order valence-corrected chi connectivity index (χ0v) is 13.2. The summed E-state index contributed by atoms with van der Waals surface area (Å²) in [5, 5.41) is 8.15. The number of nitrogens with zero attached hydrogens (tertiary/aromatic N) is 1. The van der Waals surface area contributed by atoms with Crippen molar-refractivity contribution in [3.05, 3.63) is 45.8 Å². The lowest BCUT2D eigenvalue weighted by Crippen LogP contribution is -2.35. The lowest BCUT2D eigenvalue weighted by Gasteiger charge is -2.22. The highest BCUT2D eigenvalue weighted by Gasteiger charge is 2.27. The first-order valence-corrected chi connectivity index (χ1v) is 7.34. The minimum absolute atomic E-state index is 0.0490. The van der Waals surface area contributed by atoms with Crippen LogP contribution in [0.5, 0.6) is 0 Å². The molecule has 1 aromatic rings. The van der Waals surface area contributed by atoms with Crippen LogP contribution < -0.4 is 0 Å². The quantitative estimate of drug-likeness (QED) is 0.776. The van der Waals surface area contributed by atoms with Crippen molar-refractivity contribution in [2.75, 3.05) is 0 Å². The maximum atomic E-state index is 14.0. The Labute approximate surface area is 137 Å². The SMILES string of the molecule is CC1CCC(=O)N(C(=O)c2cc(Cl)cc(Cl)c2)/C=C(/F)C1=N. The van der Waals surface area contributed by atoms with E-state index in [2.05, 4.69) is 0 Å². The Morgan fingerprint density at radius 1 is 1.32 bits per heavy atom. The number of hydrogen-bond donors (Lipinski definition) is 1. The Morgan fingerprint density at radius 3 is 2.50 bits per heavy atom. The fourth-order valence-corrected chi connectivity index (χ4v) is 2.61. The van der Waals surface area contributed by atoms with Gasteiger partial charge in [0.25, 0.3) is 5.91 Å². The minimum atomic E-state index is -0.901. The molecule has 1 aromatic carbocycles. The zero-order chi connectivity index (χ0) is 16.4. The molecule has 1 unspecified atom stereocenters. The summed E-state index contributed by atoms with van der Waals surface area (Å²) >= 11 is 11.7. The monoisotopic (exact) mass is 342 g/mol. The van der Waals surface area contributed by atoms with Crippen molar-refractivity contribution in [3.63, 3.8) is 0 Å². The molecule has 0 bridgehead atoms. The predicted octanol–water partition coefficient (Wildman–Crippen LogP) is 4.22. The number of hydrogen-bond acceptors (Lipinski definition) is 3. The smallest absolute Gasteiger partial charge is 0.264 e. The molecular formula is C15H13Cl2FN2O2. The number of amides is 2. The second-order valence-corrected chi connectivity index (χ2v) is 5.93. The van der Waals surface area contributed by atoms with Gasteiger partial charge in [-0.3, -0.25) is 14.5 Å². The number of carbonyl (C=O) groups is 2. The molecule has 0 saturated heterocycles. The van der Waals surface area contributed by atoms with E-state index in [4.69, 9.17) is 28.6 Å². The van der Waals surface area contributed by atoms with E-state index in [-0.39, 0.29) is 33.7 Å². The second kappa shape index (κ2) is 6.58. The van der Waals surface area contributed by atoms with Crippen molar-refractivity contribution in [1.82, 2.24) is 4.90 Å². The van der Waals surface area contributed by atoms with Gasteiger partial charge in [-0.15, -0.1) is 0 Å². The maximum absolute atomic E-state index is 14.0. The molecule has 22 heavy (non-hydrogen) atoms. The molecule has 0 saturated carbocycles. The van der Waals surface area contributed by atoms with E-state index in [1.54, 1.807) is 6.92 Å². The molecule has 1 aliphatic rings. The van der Waals surface area contributed by atoms with Gasteiger partial charge in [0, 0.05) is 27.9 Å². The number of imide groups is 1. The zero-order valence-electron chi connectivity index (χ0n) is 11.7. The molecule has 0 aromatic heterocycles. The molecule has 2 amide bonds. The third-order valence-electron chi connectivity index (χ3n) is 3.38. The first kappa shape index (κ1) is 16.6. The van der Waals surface area contributed by atoms with E-state index in [1.165, 1.54) is 18.2 Å². The molecule has 1 N–H and O–H groups in total. The molecule has 2 rings (SSSR count). The molecule has 1 atom stereocenters.